The Bertz CT molecular complexity index is 1090. The molecule has 1 saturated heterocycles. The van der Waals surface area contributed by atoms with Crippen LogP contribution in [-0.2, 0) is 4.74 Å². The van der Waals surface area contributed by atoms with Gasteiger partial charge in [0, 0.05) is 37.1 Å². The molecule has 0 radical (unpaired) electrons. The molecule has 30 heavy (non-hydrogen) atoms. The Morgan fingerprint density at radius 1 is 1.10 bits per heavy atom. The van der Waals surface area contributed by atoms with Crippen LogP contribution in [0.5, 0.6) is 5.75 Å². The quantitative estimate of drug-likeness (QED) is 0.480. The number of hydrogen-bond acceptors (Lipinski definition) is 8. The van der Waals surface area contributed by atoms with E-state index >= 15 is 0 Å². The summed E-state index contributed by atoms with van der Waals surface area (Å²) < 4.78 is 13.0. The Kier molecular flexibility index (Phi) is 5.23. The fraction of sp³-hybridized carbons (Fsp3) is 0.300. The molecule has 0 aliphatic carbocycles. The summed E-state index contributed by atoms with van der Waals surface area (Å²) in [7, 11) is 0. The summed E-state index contributed by atoms with van der Waals surface area (Å²) in [5.74, 6) is 1.46. The predicted octanol–water partition coefficient (Wildman–Crippen LogP) is 1.97. The Balaban J connectivity index is 1.24. The third-order valence-electron chi connectivity index (χ3n) is 4.99. The highest BCUT2D eigenvalue weighted by atomic mass is 16.5. The van der Waals surface area contributed by atoms with Gasteiger partial charge in [-0.1, -0.05) is 0 Å². The molecule has 1 aliphatic rings. The highest BCUT2D eigenvalue weighted by Gasteiger charge is 2.13. The van der Waals surface area contributed by atoms with E-state index in [1.165, 1.54) is 6.33 Å². The molecule has 4 heterocycles. The van der Waals surface area contributed by atoms with Gasteiger partial charge in [0.25, 0.3) is 0 Å². The summed E-state index contributed by atoms with van der Waals surface area (Å²) in [5.41, 5.74) is 3.23. The van der Waals surface area contributed by atoms with Gasteiger partial charge in [-0.25, -0.2) is 14.5 Å². The van der Waals surface area contributed by atoms with Crippen LogP contribution in [0.15, 0.2) is 49.2 Å². The maximum absolute atomic E-state index is 5.87. The summed E-state index contributed by atoms with van der Waals surface area (Å²) in [4.78, 5) is 11.2. The molecule has 1 aliphatic heterocycles. The number of ether oxygens (including phenoxy) is 2. The van der Waals surface area contributed by atoms with E-state index in [1.54, 1.807) is 23.1 Å². The SMILES string of the molecule is c1nc2c(Nc3ccc(OCCN4CCOCC4)cc3)ncc(-c3cn[nH]c3)n2n1. The number of aromatic amines is 1. The minimum Gasteiger partial charge on any atom is -0.492 e. The lowest BCUT2D eigenvalue weighted by molar-refractivity contribution is 0.0322. The van der Waals surface area contributed by atoms with E-state index in [4.69, 9.17) is 9.47 Å². The van der Waals surface area contributed by atoms with Crippen LogP contribution in [0.3, 0.4) is 0 Å². The predicted molar refractivity (Wildman–Crippen MR) is 111 cm³/mol. The topological polar surface area (TPSA) is 105 Å². The number of H-pyrrole nitrogens is 1. The Morgan fingerprint density at radius 3 is 2.77 bits per heavy atom. The Morgan fingerprint density at radius 2 is 1.97 bits per heavy atom. The first-order chi connectivity index (χ1) is 14.9. The van der Waals surface area contributed by atoms with E-state index in [0.29, 0.717) is 18.1 Å². The van der Waals surface area contributed by atoms with Crippen molar-refractivity contribution in [3.05, 3.63) is 49.2 Å². The van der Waals surface area contributed by atoms with Gasteiger partial charge in [-0.2, -0.15) is 10.2 Å². The van der Waals surface area contributed by atoms with Crippen LogP contribution >= 0.6 is 0 Å². The molecule has 10 nitrogen and oxygen atoms in total. The van der Waals surface area contributed by atoms with Crippen LogP contribution < -0.4 is 10.1 Å². The third-order valence-corrected chi connectivity index (χ3v) is 4.99. The number of rotatable bonds is 7. The van der Waals surface area contributed by atoms with Crippen molar-refractivity contribution < 1.29 is 9.47 Å². The first kappa shape index (κ1) is 18.5. The average molecular weight is 406 g/mol. The Labute approximate surface area is 172 Å². The van der Waals surface area contributed by atoms with E-state index in [0.717, 1.165) is 55.5 Å². The molecular weight excluding hydrogens is 384 g/mol. The molecule has 0 spiro atoms. The first-order valence-electron chi connectivity index (χ1n) is 9.85. The molecule has 0 saturated carbocycles. The second kappa shape index (κ2) is 8.47. The van der Waals surface area contributed by atoms with E-state index in [9.17, 15) is 0 Å². The second-order valence-electron chi connectivity index (χ2n) is 6.93. The molecule has 154 valence electrons. The highest BCUT2D eigenvalue weighted by molar-refractivity contribution is 5.73. The summed E-state index contributed by atoms with van der Waals surface area (Å²) in [6.45, 7) is 5.10. The smallest absolute Gasteiger partial charge is 0.199 e. The van der Waals surface area contributed by atoms with E-state index in [2.05, 4.69) is 35.5 Å². The molecule has 2 N–H and O–H groups in total. The zero-order chi connectivity index (χ0) is 20.2. The number of fused-ring (bicyclic) bond motifs is 1. The van der Waals surface area contributed by atoms with Crippen molar-refractivity contribution in [1.82, 2.24) is 34.7 Å². The normalized spacial score (nSPS) is 14.8. The van der Waals surface area contributed by atoms with Crippen LogP contribution in [0.25, 0.3) is 16.9 Å². The Hall–Kier alpha value is -3.50. The van der Waals surface area contributed by atoms with Crippen molar-refractivity contribution in [1.29, 1.82) is 0 Å². The molecule has 4 aromatic rings. The summed E-state index contributed by atoms with van der Waals surface area (Å²) in [5, 5.41) is 14.4. The molecule has 10 heteroatoms. The number of hydrogen-bond donors (Lipinski definition) is 2. The van der Waals surface area contributed by atoms with Crippen LogP contribution in [0, 0.1) is 0 Å². The van der Waals surface area contributed by atoms with Crippen molar-refractivity contribution in [2.45, 2.75) is 0 Å². The molecule has 1 fully saturated rings. The molecule has 0 amide bonds. The third kappa shape index (κ3) is 3.95. The van der Waals surface area contributed by atoms with Gasteiger partial charge in [-0.3, -0.25) is 10.00 Å². The summed E-state index contributed by atoms with van der Waals surface area (Å²) in [6, 6.07) is 7.82. The van der Waals surface area contributed by atoms with Gasteiger partial charge in [0.1, 0.15) is 18.7 Å². The number of anilines is 2. The van der Waals surface area contributed by atoms with Crippen LogP contribution in [-0.4, -0.2) is 74.1 Å². The lowest BCUT2D eigenvalue weighted by atomic mass is 10.2. The minimum atomic E-state index is 0.626. The number of benzene rings is 1. The lowest BCUT2D eigenvalue weighted by Gasteiger charge is -2.26. The minimum absolute atomic E-state index is 0.626. The van der Waals surface area contributed by atoms with E-state index in [-0.39, 0.29) is 0 Å². The van der Waals surface area contributed by atoms with Gasteiger partial charge >= 0.3 is 0 Å². The van der Waals surface area contributed by atoms with Crippen molar-refractivity contribution in [2.75, 3.05) is 44.8 Å². The number of nitrogens with zero attached hydrogens (tertiary/aromatic N) is 6. The molecule has 5 rings (SSSR count). The van der Waals surface area contributed by atoms with Crippen molar-refractivity contribution >= 4 is 17.2 Å². The zero-order valence-electron chi connectivity index (χ0n) is 16.4. The van der Waals surface area contributed by atoms with Crippen LogP contribution in [0.1, 0.15) is 0 Å². The summed E-state index contributed by atoms with van der Waals surface area (Å²) >= 11 is 0. The number of morpholine rings is 1. The standard InChI is InChI=1S/C20H22N8O2/c1-3-17(30-10-7-27-5-8-29-9-6-27)4-2-16(1)26-19-20-22-14-25-28(20)18(13-21-19)15-11-23-24-12-15/h1-4,11-14H,5-10H2,(H,21,26)(H,23,24). The van der Waals surface area contributed by atoms with Gasteiger partial charge in [-0.05, 0) is 24.3 Å². The fourth-order valence-corrected chi connectivity index (χ4v) is 3.38. The second-order valence-corrected chi connectivity index (χ2v) is 6.93. The van der Waals surface area contributed by atoms with E-state index in [1.807, 2.05) is 24.3 Å². The highest BCUT2D eigenvalue weighted by Crippen LogP contribution is 2.24. The molecule has 0 bridgehead atoms. The van der Waals surface area contributed by atoms with Crippen molar-refractivity contribution in [3.63, 3.8) is 0 Å². The van der Waals surface area contributed by atoms with Gasteiger partial charge in [0.15, 0.2) is 11.5 Å². The van der Waals surface area contributed by atoms with Crippen LogP contribution in [0.4, 0.5) is 11.5 Å². The molecule has 0 unspecified atom stereocenters. The van der Waals surface area contributed by atoms with E-state index < -0.39 is 0 Å². The fourth-order valence-electron chi connectivity index (χ4n) is 3.38. The van der Waals surface area contributed by atoms with Gasteiger partial charge in [0.2, 0.25) is 0 Å². The largest absolute Gasteiger partial charge is 0.492 e. The maximum atomic E-state index is 5.87. The van der Waals surface area contributed by atoms with Crippen molar-refractivity contribution in [2.24, 2.45) is 0 Å². The monoisotopic (exact) mass is 406 g/mol. The van der Waals surface area contributed by atoms with Crippen molar-refractivity contribution in [3.8, 4) is 17.0 Å². The zero-order valence-corrected chi connectivity index (χ0v) is 16.4. The maximum Gasteiger partial charge on any atom is 0.199 e. The lowest BCUT2D eigenvalue weighted by Crippen LogP contribution is -2.38. The van der Waals surface area contributed by atoms with Gasteiger partial charge in [0.05, 0.1) is 31.3 Å². The number of aromatic nitrogens is 6. The summed E-state index contributed by atoms with van der Waals surface area (Å²) in [6.07, 6.45) is 6.78. The van der Waals surface area contributed by atoms with Crippen LogP contribution in [0.2, 0.25) is 0 Å². The average Bonchev–Trinajstić information content (AvgIpc) is 3.49. The van der Waals surface area contributed by atoms with Gasteiger partial charge < -0.3 is 14.8 Å². The molecule has 0 atom stereocenters. The molecule has 3 aromatic heterocycles. The first-order valence-corrected chi connectivity index (χ1v) is 9.85. The molecular formula is C20H22N8O2. The van der Waals surface area contributed by atoms with Gasteiger partial charge in [-0.15, -0.1) is 0 Å². The molecule has 1 aromatic carbocycles. The number of nitrogens with one attached hydrogen (secondary N) is 2.